The minimum Gasteiger partial charge on any atom is -0.507 e. The molecule has 0 aromatic heterocycles. The number of aromatic hydroxyl groups is 1. The van der Waals surface area contributed by atoms with Crippen LogP contribution >= 0.6 is 11.6 Å². The first-order valence-corrected chi connectivity index (χ1v) is 6.56. The van der Waals surface area contributed by atoms with Crippen LogP contribution in [0.4, 0.5) is 0 Å². The maximum atomic E-state index is 12.0. The van der Waals surface area contributed by atoms with E-state index in [0.29, 0.717) is 16.7 Å². The van der Waals surface area contributed by atoms with Gasteiger partial charge in [0.05, 0.1) is 10.6 Å². The number of rotatable bonds is 2. The van der Waals surface area contributed by atoms with Crippen LogP contribution < -0.4 is 0 Å². The number of hydrogen-bond acceptors (Lipinski definition) is 3. The fraction of sp³-hybridized carbons (Fsp3) is 0.125. The molecule has 0 aliphatic rings. The van der Waals surface area contributed by atoms with Crippen molar-refractivity contribution in [3.8, 4) is 22.9 Å². The number of benzene rings is 2. The van der Waals surface area contributed by atoms with Crippen LogP contribution in [0.1, 0.15) is 15.9 Å². The van der Waals surface area contributed by atoms with Gasteiger partial charge in [0.1, 0.15) is 11.8 Å². The Kier molecular flexibility index (Phi) is 4.15. The van der Waals surface area contributed by atoms with Gasteiger partial charge in [-0.3, -0.25) is 4.79 Å². The summed E-state index contributed by atoms with van der Waals surface area (Å²) in [5, 5.41) is 19.2. The van der Waals surface area contributed by atoms with E-state index in [1.54, 1.807) is 38.4 Å². The average Bonchev–Trinajstić information content (AvgIpc) is 2.46. The molecule has 0 saturated carbocycles. The maximum absolute atomic E-state index is 12.0. The van der Waals surface area contributed by atoms with Crippen LogP contribution in [0, 0.1) is 11.3 Å². The third-order valence-electron chi connectivity index (χ3n) is 3.03. The van der Waals surface area contributed by atoms with Crippen LogP contribution in [0.15, 0.2) is 36.4 Å². The van der Waals surface area contributed by atoms with E-state index in [-0.39, 0.29) is 22.2 Å². The van der Waals surface area contributed by atoms with Crippen molar-refractivity contribution < 1.29 is 9.90 Å². The quantitative estimate of drug-likeness (QED) is 0.925. The molecule has 2 aromatic rings. The zero-order valence-corrected chi connectivity index (χ0v) is 12.3. The first-order chi connectivity index (χ1) is 9.93. The minimum atomic E-state index is -0.134. The predicted molar refractivity (Wildman–Crippen MR) is 81.3 cm³/mol. The molecule has 0 aliphatic heterocycles. The van der Waals surface area contributed by atoms with Gasteiger partial charge in [-0.15, -0.1) is 0 Å². The van der Waals surface area contributed by atoms with Crippen molar-refractivity contribution in [2.45, 2.75) is 0 Å². The molecule has 21 heavy (non-hydrogen) atoms. The van der Waals surface area contributed by atoms with E-state index in [1.807, 2.05) is 6.07 Å². The van der Waals surface area contributed by atoms with Crippen LogP contribution in [0.2, 0.25) is 5.02 Å². The molecule has 106 valence electrons. The molecule has 2 rings (SSSR count). The van der Waals surface area contributed by atoms with Gasteiger partial charge >= 0.3 is 0 Å². The Bertz CT molecular complexity index is 748. The van der Waals surface area contributed by atoms with Crippen molar-refractivity contribution in [2.24, 2.45) is 0 Å². The SMILES string of the molecule is CN(C)C(=O)c1cccc(-c2cc(C#N)c(Cl)cc2O)c1. The molecule has 4 nitrogen and oxygen atoms in total. The Labute approximate surface area is 127 Å². The second-order valence-electron chi connectivity index (χ2n) is 4.74. The van der Waals surface area contributed by atoms with Crippen LogP contribution in [-0.4, -0.2) is 30.0 Å². The van der Waals surface area contributed by atoms with Gasteiger partial charge in [-0.2, -0.15) is 5.26 Å². The van der Waals surface area contributed by atoms with Gasteiger partial charge in [0, 0.05) is 31.3 Å². The zero-order valence-electron chi connectivity index (χ0n) is 11.6. The Hall–Kier alpha value is -2.51. The predicted octanol–water partition coefficient (Wildman–Crippen LogP) is 3.29. The van der Waals surface area contributed by atoms with E-state index < -0.39 is 0 Å². The highest BCUT2D eigenvalue weighted by molar-refractivity contribution is 6.32. The largest absolute Gasteiger partial charge is 0.507 e. The molecule has 0 aliphatic carbocycles. The fourth-order valence-electron chi connectivity index (χ4n) is 1.96. The van der Waals surface area contributed by atoms with Crippen LogP contribution in [0.3, 0.4) is 0 Å². The van der Waals surface area contributed by atoms with E-state index in [1.165, 1.54) is 17.0 Å². The van der Waals surface area contributed by atoms with Crippen molar-refractivity contribution in [3.63, 3.8) is 0 Å². The lowest BCUT2D eigenvalue weighted by atomic mass is 10.00. The average molecular weight is 301 g/mol. The molecule has 0 unspecified atom stereocenters. The maximum Gasteiger partial charge on any atom is 0.253 e. The first-order valence-electron chi connectivity index (χ1n) is 6.18. The van der Waals surface area contributed by atoms with Crippen LogP contribution in [-0.2, 0) is 0 Å². The molecule has 1 amide bonds. The second-order valence-corrected chi connectivity index (χ2v) is 5.15. The van der Waals surface area contributed by atoms with Gasteiger partial charge in [0.2, 0.25) is 0 Å². The summed E-state index contributed by atoms with van der Waals surface area (Å²) in [5.41, 5.74) is 1.89. The van der Waals surface area contributed by atoms with Crippen LogP contribution in [0.25, 0.3) is 11.1 Å². The number of phenols is 1. The first kappa shape index (κ1) is 14.9. The number of nitriles is 1. The highest BCUT2D eigenvalue weighted by Gasteiger charge is 2.13. The molecule has 0 bridgehead atoms. The summed E-state index contributed by atoms with van der Waals surface area (Å²) in [6.45, 7) is 0. The Morgan fingerprint density at radius 3 is 2.62 bits per heavy atom. The second kappa shape index (κ2) is 5.86. The van der Waals surface area contributed by atoms with Gasteiger partial charge in [-0.05, 0) is 23.8 Å². The van der Waals surface area contributed by atoms with E-state index in [0.717, 1.165) is 0 Å². The number of halogens is 1. The lowest BCUT2D eigenvalue weighted by molar-refractivity contribution is 0.0827. The standard InChI is InChI=1S/C16H13ClN2O2/c1-19(2)16(21)11-5-3-4-10(6-11)13-7-12(9-18)14(17)8-15(13)20/h3-8,20H,1-2H3. The van der Waals surface area contributed by atoms with E-state index in [9.17, 15) is 9.90 Å². The monoisotopic (exact) mass is 300 g/mol. The summed E-state index contributed by atoms with van der Waals surface area (Å²) in [5.74, 6) is -0.167. The molecule has 0 heterocycles. The Morgan fingerprint density at radius 2 is 2.00 bits per heavy atom. The van der Waals surface area contributed by atoms with Gasteiger partial charge in [-0.1, -0.05) is 23.7 Å². The normalized spacial score (nSPS) is 10.0. The van der Waals surface area contributed by atoms with Crippen molar-refractivity contribution in [3.05, 3.63) is 52.5 Å². The summed E-state index contributed by atoms with van der Waals surface area (Å²) in [6.07, 6.45) is 0. The van der Waals surface area contributed by atoms with Gasteiger partial charge in [0.25, 0.3) is 5.91 Å². The molecular weight excluding hydrogens is 288 g/mol. The van der Waals surface area contributed by atoms with Crippen LogP contribution in [0.5, 0.6) is 5.75 Å². The lowest BCUT2D eigenvalue weighted by Crippen LogP contribution is -2.21. The number of carbonyl (C=O) groups is 1. The molecular formula is C16H13ClN2O2. The summed E-state index contributed by atoms with van der Waals surface area (Å²) in [4.78, 5) is 13.5. The number of nitrogens with zero attached hydrogens (tertiary/aromatic N) is 2. The van der Waals surface area contributed by atoms with Crippen molar-refractivity contribution in [2.75, 3.05) is 14.1 Å². The smallest absolute Gasteiger partial charge is 0.253 e. The Balaban J connectivity index is 2.56. The van der Waals surface area contributed by atoms with Crippen molar-refractivity contribution in [1.29, 1.82) is 5.26 Å². The summed E-state index contributed by atoms with van der Waals surface area (Å²) >= 11 is 5.87. The molecule has 0 saturated heterocycles. The molecule has 1 N–H and O–H groups in total. The molecule has 5 heteroatoms. The zero-order chi connectivity index (χ0) is 15.6. The summed E-state index contributed by atoms with van der Waals surface area (Å²) < 4.78 is 0. The summed E-state index contributed by atoms with van der Waals surface area (Å²) in [7, 11) is 3.34. The lowest BCUT2D eigenvalue weighted by Gasteiger charge is -2.12. The summed E-state index contributed by atoms with van der Waals surface area (Å²) in [6, 6.07) is 11.7. The number of hydrogen-bond donors (Lipinski definition) is 1. The van der Waals surface area contributed by atoms with Gasteiger partial charge < -0.3 is 10.0 Å². The molecule has 0 fully saturated rings. The number of phenolic OH excluding ortho intramolecular Hbond substituents is 1. The third-order valence-corrected chi connectivity index (χ3v) is 3.35. The topological polar surface area (TPSA) is 64.3 Å². The van der Waals surface area contributed by atoms with Crippen molar-refractivity contribution in [1.82, 2.24) is 4.90 Å². The van der Waals surface area contributed by atoms with Gasteiger partial charge in [0.15, 0.2) is 0 Å². The number of carbonyl (C=O) groups excluding carboxylic acids is 1. The highest BCUT2D eigenvalue weighted by Crippen LogP contribution is 2.34. The molecule has 2 aromatic carbocycles. The Morgan fingerprint density at radius 1 is 1.29 bits per heavy atom. The molecule has 0 radical (unpaired) electrons. The minimum absolute atomic E-state index is 0.0338. The van der Waals surface area contributed by atoms with E-state index in [2.05, 4.69) is 0 Å². The third kappa shape index (κ3) is 2.99. The van der Waals surface area contributed by atoms with Gasteiger partial charge in [-0.25, -0.2) is 0 Å². The number of amides is 1. The molecule has 0 atom stereocenters. The highest BCUT2D eigenvalue weighted by atomic mass is 35.5. The fourth-order valence-corrected chi connectivity index (χ4v) is 2.16. The van der Waals surface area contributed by atoms with E-state index >= 15 is 0 Å². The molecule has 0 spiro atoms. The van der Waals surface area contributed by atoms with Crippen molar-refractivity contribution >= 4 is 17.5 Å². The van der Waals surface area contributed by atoms with E-state index in [4.69, 9.17) is 16.9 Å².